The van der Waals surface area contributed by atoms with E-state index < -0.39 is 12.1 Å². The molecule has 17 heavy (non-hydrogen) atoms. The summed E-state index contributed by atoms with van der Waals surface area (Å²) in [6.07, 6.45) is -0.0112. The van der Waals surface area contributed by atoms with Crippen LogP contribution in [0.25, 0.3) is 0 Å². The van der Waals surface area contributed by atoms with Gasteiger partial charge in [0.1, 0.15) is 6.61 Å². The van der Waals surface area contributed by atoms with Gasteiger partial charge >= 0.3 is 12.1 Å². The van der Waals surface area contributed by atoms with Crippen LogP contribution in [0.5, 0.6) is 0 Å². The molecule has 0 atom stereocenters. The summed E-state index contributed by atoms with van der Waals surface area (Å²) >= 11 is 0. The van der Waals surface area contributed by atoms with Gasteiger partial charge in [0.15, 0.2) is 0 Å². The molecule has 0 radical (unpaired) electrons. The Hall–Kier alpha value is -0.182. The first-order valence-electron chi connectivity index (χ1n) is 4.60. The Labute approximate surface area is 135 Å². The minimum absolute atomic E-state index is 0. The van der Waals surface area contributed by atoms with Crippen molar-refractivity contribution in [1.29, 1.82) is 0 Å². The summed E-state index contributed by atoms with van der Waals surface area (Å²) in [6, 6.07) is 0. The number of hydrogen-bond acceptors (Lipinski definition) is 4. The molecule has 0 unspecified atom stereocenters. The molecule has 5 nitrogen and oxygen atoms in total. The van der Waals surface area contributed by atoms with Crippen LogP contribution in [0.3, 0.4) is 0 Å². The Bertz CT molecular complexity index is 244. The third-order valence-corrected chi connectivity index (χ3v) is 1.33. The van der Waals surface area contributed by atoms with Crippen LogP contribution in [0, 0.1) is 54.7 Å². The molecular weight excluding hydrogens is 360 g/mol. The van der Waals surface area contributed by atoms with Crippen LogP contribution >= 0.6 is 0 Å². The monoisotopic (exact) mass is 381 g/mol. The van der Waals surface area contributed by atoms with Gasteiger partial charge in [0.25, 0.3) is 0 Å². The molecule has 1 N–H and O–H groups in total. The van der Waals surface area contributed by atoms with Crippen molar-refractivity contribution in [2.24, 2.45) is 0 Å². The third-order valence-electron chi connectivity index (χ3n) is 1.33. The van der Waals surface area contributed by atoms with Crippen LogP contribution in [0.4, 0.5) is 4.79 Å². The molecule has 0 aromatic rings. The summed E-state index contributed by atoms with van der Waals surface area (Å²) in [6.45, 7) is 9.08. The maximum atomic E-state index is 10.9. The molecule has 0 spiro atoms. The molecule has 0 aromatic heterocycles. The Morgan fingerprint density at radius 3 is 2.35 bits per heavy atom. The molecule has 6 heteroatoms. The second kappa shape index (κ2) is 13.9. The molecule has 0 aliphatic heterocycles. The average molecular weight is 380 g/mol. The minimum atomic E-state index is -0.537. The first-order chi connectivity index (χ1) is 7.07. The number of ether oxygens (including phenoxy) is 2. The van der Waals surface area contributed by atoms with Gasteiger partial charge in [0.2, 0.25) is 0 Å². The van der Waals surface area contributed by atoms with E-state index in [1.54, 1.807) is 6.92 Å². The quantitative estimate of drug-likeness (QED) is 0.329. The fourth-order valence-corrected chi connectivity index (χ4v) is 0.636. The van der Waals surface area contributed by atoms with Crippen molar-refractivity contribution in [1.82, 2.24) is 5.32 Å². The summed E-state index contributed by atoms with van der Waals surface area (Å²) in [7, 11) is 0. The Kier molecular flexibility index (Phi) is 18.0. The number of alkyl carbamates (subject to hydrolysis) is 1. The van der Waals surface area contributed by atoms with Gasteiger partial charge in [0.05, 0.1) is 13.2 Å². The van der Waals surface area contributed by atoms with Gasteiger partial charge in [-0.3, -0.25) is 0 Å². The zero-order valence-corrected chi connectivity index (χ0v) is 12.9. The number of amides is 1. The van der Waals surface area contributed by atoms with Crippen molar-refractivity contribution in [3.05, 3.63) is 26.5 Å². The summed E-state index contributed by atoms with van der Waals surface area (Å²) in [5.74, 6) is -0.470. The van der Waals surface area contributed by atoms with E-state index >= 15 is 0 Å². The van der Waals surface area contributed by atoms with Crippen molar-refractivity contribution in [2.45, 2.75) is 13.3 Å². The van der Waals surface area contributed by atoms with Gasteiger partial charge < -0.3 is 29.1 Å². The second-order valence-electron chi connectivity index (χ2n) is 2.83. The van der Waals surface area contributed by atoms with E-state index in [1.807, 2.05) is 0 Å². The van der Waals surface area contributed by atoms with Crippen LogP contribution in [0.2, 0.25) is 0 Å². The van der Waals surface area contributed by atoms with E-state index in [9.17, 15) is 9.59 Å². The summed E-state index contributed by atoms with van der Waals surface area (Å²) in [5.41, 5.74) is 0.328. The van der Waals surface area contributed by atoms with Crippen molar-refractivity contribution in [3.63, 3.8) is 0 Å². The molecule has 0 heterocycles. The van der Waals surface area contributed by atoms with Gasteiger partial charge in [-0.05, 0) is 6.92 Å². The maximum Gasteiger partial charge on any atom is 0.407 e. The molecular formula is C11H19NO4Sm-2. The fraction of sp³-hybridized carbons (Fsp3) is 0.455. The van der Waals surface area contributed by atoms with E-state index in [1.165, 1.54) is 0 Å². The first kappa shape index (κ1) is 22.0. The number of rotatable bonds is 6. The van der Waals surface area contributed by atoms with Crippen LogP contribution in [0.15, 0.2) is 12.2 Å². The normalized spacial score (nSPS) is 8.12. The molecule has 0 saturated heterocycles. The van der Waals surface area contributed by atoms with Crippen LogP contribution in [-0.4, -0.2) is 31.8 Å². The van der Waals surface area contributed by atoms with Crippen LogP contribution < -0.4 is 5.32 Å². The summed E-state index contributed by atoms with van der Waals surface area (Å²) in [5, 5.41) is 2.42. The maximum absolute atomic E-state index is 10.9. The van der Waals surface area contributed by atoms with Crippen LogP contribution in [-0.2, 0) is 14.3 Å². The Morgan fingerprint density at radius 2 is 1.88 bits per heavy atom. The number of nitrogens with one attached hydrogen (secondary N) is 1. The van der Waals surface area contributed by atoms with Crippen molar-refractivity contribution < 1.29 is 59.5 Å². The predicted octanol–water partition coefficient (Wildman–Crippen LogP) is 1.51. The first-order valence-corrected chi connectivity index (χ1v) is 4.60. The topological polar surface area (TPSA) is 64.6 Å². The Morgan fingerprint density at radius 1 is 1.29 bits per heavy atom. The molecule has 0 fully saturated rings. The van der Waals surface area contributed by atoms with E-state index in [2.05, 4.69) is 23.6 Å². The molecule has 0 rings (SSSR count). The molecule has 0 aliphatic carbocycles. The largest absolute Gasteiger partial charge is 0.460 e. The van der Waals surface area contributed by atoms with Gasteiger partial charge in [-0.25, -0.2) is 9.59 Å². The van der Waals surface area contributed by atoms with Crippen molar-refractivity contribution in [3.8, 4) is 0 Å². The zero-order valence-electron chi connectivity index (χ0n) is 10.3. The SMILES string of the molecule is C=C(C)C(=O)OCCNC(=O)OCC[CH2-].[CH3-].[Sm]. The van der Waals surface area contributed by atoms with Crippen molar-refractivity contribution >= 4 is 12.1 Å². The molecule has 0 bridgehead atoms. The van der Waals surface area contributed by atoms with Gasteiger partial charge in [-0.1, -0.05) is 6.58 Å². The standard InChI is InChI=1S/C10H16NO4.CH3.Sm/c1-4-6-15-10(13)11-5-7-14-9(12)8(2)3;;/h1-2,4-7H2,3H3,(H,11,13);1H3;/q2*-1;. The van der Waals surface area contributed by atoms with E-state index in [0.717, 1.165) is 0 Å². The second-order valence-corrected chi connectivity index (χ2v) is 2.83. The van der Waals surface area contributed by atoms with E-state index in [4.69, 9.17) is 4.74 Å². The smallest absolute Gasteiger partial charge is 0.407 e. The third kappa shape index (κ3) is 13.8. The fourth-order valence-electron chi connectivity index (χ4n) is 0.636. The molecule has 0 saturated carbocycles. The number of carbonyl (C=O) groups is 2. The van der Waals surface area contributed by atoms with Crippen LogP contribution in [0.1, 0.15) is 13.3 Å². The summed E-state index contributed by atoms with van der Waals surface area (Å²) < 4.78 is 9.41. The molecule has 1 amide bonds. The minimum Gasteiger partial charge on any atom is -0.460 e. The average Bonchev–Trinajstić information content (AvgIpc) is 2.20. The molecule has 100 valence electrons. The summed E-state index contributed by atoms with van der Waals surface area (Å²) in [4.78, 5) is 21.7. The van der Waals surface area contributed by atoms with Gasteiger partial charge in [0, 0.05) is 46.0 Å². The Balaban J connectivity index is -0.000000980. The van der Waals surface area contributed by atoms with Gasteiger partial charge in [-0.2, -0.15) is 0 Å². The van der Waals surface area contributed by atoms with E-state index in [0.29, 0.717) is 12.0 Å². The number of esters is 1. The van der Waals surface area contributed by atoms with E-state index in [-0.39, 0.29) is 67.6 Å². The number of carbonyl (C=O) groups excluding carboxylic acids is 2. The van der Waals surface area contributed by atoms with Crippen molar-refractivity contribution in [2.75, 3.05) is 19.8 Å². The van der Waals surface area contributed by atoms with Gasteiger partial charge in [-0.15, -0.1) is 6.42 Å². The molecule has 0 aromatic carbocycles. The molecule has 0 aliphatic rings. The predicted molar refractivity (Wildman–Crippen MR) is 61.5 cm³/mol. The zero-order chi connectivity index (χ0) is 11.7. The number of hydrogen-bond donors (Lipinski definition) is 1.